The molecular weight excluding hydrogens is 452 g/mol. The minimum Gasteiger partial charge on any atom is -0.493 e. The predicted octanol–water partition coefficient (Wildman–Crippen LogP) is 3.22. The lowest BCUT2D eigenvalue weighted by Crippen LogP contribution is -2.24. The standard InChI is InChI=1S/C21H22N4O5S2/c1-28-15-9-14(10-16(29-2)18(15)30-3)19(27)23-20-24-25-21(32-20)31-12-17(26)22-11-13-7-5-4-6-8-13/h4-10H,11-12H2,1-3H3,(H,22,26)(H,23,24,27). The van der Waals surface area contributed by atoms with E-state index in [1.807, 2.05) is 30.3 Å². The summed E-state index contributed by atoms with van der Waals surface area (Å²) in [5.41, 5.74) is 1.34. The normalized spacial score (nSPS) is 10.3. The highest BCUT2D eigenvalue weighted by molar-refractivity contribution is 8.01. The summed E-state index contributed by atoms with van der Waals surface area (Å²) < 4.78 is 16.4. The van der Waals surface area contributed by atoms with Crippen molar-refractivity contribution in [2.45, 2.75) is 10.9 Å². The van der Waals surface area contributed by atoms with Crippen molar-refractivity contribution < 1.29 is 23.8 Å². The highest BCUT2D eigenvalue weighted by atomic mass is 32.2. The fourth-order valence-electron chi connectivity index (χ4n) is 2.67. The van der Waals surface area contributed by atoms with Crippen LogP contribution in [0.4, 0.5) is 5.13 Å². The first-order valence-corrected chi connectivity index (χ1v) is 11.2. The number of nitrogens with one attached hydrogen (secondary N) is 2. The molecule has 9 nitrogen and oxygen atoms in total. The van der Waals surface area contributed by atoms with Crippen LogP contribution in [0.1, 0.15) is 15.9 Å². The Morgan fingerprint density at radius 3 is 2.31 bits per heavy atom. The maximum atomic E-state index is 12.7. The zero-order valence-electron chi connectivity index (χ0n) is 17.7. The lowest BCUT2D eigenvalue weighted by atomic mass is 10.1. The molecular formula is C21H22N4O5S2. The number of carbonyl (C=O) groups excluding carboxylic acids is 2. The summed E-state index contributed by atoms with van der Waals surface area (Å²) in [6.45, 7) is 0.465. The van der Waals surface area contributed by atoms with Gasteiger partial charge in [-0.15, -0.1) is 10.2 Å². The zero-order valence-corrected chi connectivity index (χ0v) is 19.3. The van der Waals surface area contributed by atoms with Crippen molar-refractivity contribution in [1.29, 1.82) is 0 Å². The number of aromatic nitrogens is 2. The van der Waals surface area contributed by atoms with Gasteiger partial charge in [0.05, 0.1) is 27.1 Å². The van der Waals surface area contributed by atoms with Crippen LogP contribution >= 0.6 is 23.1 Å². The molecule has 3 aromatic rings. The number of hydrogen-bond donors (Lipinski definition) is 2. The molecule has 11 heteroatoms. The van der Waals surface area contributed by atoms with Gasteiger partial charge in [0.25, 0.3) is 5.91 Å². The number of hydrogen-bond acceptors (Lipinski definition) is 9. The Labute approximate surface area is 193 Å². The quantitative estimate of drug-likeness (QED) is 0.340. The Morgan fingerprint density at radius 2 is 1.69 bits per heavy atom. The first kappa shape index (κ1) is 23.4. The Morgan fingerprint density at radius 1 is 1.00 bits per heavy atom. The van der Waals surface area contributed by atoms with Crippen LogP contribution < -0.4 is 24.8 Å². The number of nitrogens with zero attached hydrogens (tertiary/aromatic N) is 2. The van der Waals surface area contributed by atoms with Crippen LogP contribution in [-0.4, -0.2) is 49.1 Å². The number of benzene rings is 2. The number of ether oxygens (including phenoxy) is 3. The van der Waals surface area contributed by atoms with E-state index in [1.54, 1.807) is 12.1 Å². The lowest BCUT2D eigenvalue weighted by molar-refractivity contribution is -0.118. The van der Waals surface area contributed by atoms with Crippen LogP contribution in [0.5, 0.6) is 17.2 Å². The van der Waals surface area contributed by atoms with E-state index in [4.69, 9.17) is 14.2 Å². The van der Waals surface area contributed by atoms with Gasteiger partial charge in [-0.05, 0) is 17.7 Å². The molecule has 0 radical (unpaired) electrons. The molecule has 0 unspecified atom stereocenters. The Hall–Kier alpha value is -3.31. The summed E-state index contributed by atoms with van der Waals surface area (Å²) in [6, 6.07) is 12.8. The van der Waals surface area contributed by atoms with E-state index in [9.17, 15) is 9.59 Å². The molecule has 0 saturated heterocycles. The molecule has 168 valence electrons. The number of anilines is 1. The van der Waals surface area contributed by atoms with Crippen molar-refractivity contribution in [3.8, 4) is 17.2 Å². The summed E-state index contributed by atoms with van der Waals surface area (Å²) in [6.07, 6.45) is 0. The molecule has 0 atom stereocenters. The molecule has 3 rings (SSSR count). The zero-order chi connectivity index (χ0) is 22.9. The van der Waals surface area contributed by atoms with Crippen molar-refractivity contribution in [3.05, 3.63) is 53.6 Å². The Bertz CT molecular complexity index is 1050. The number of methoxy groups -OCH3 is 3. The highest BCUT2D eigenvalue weighted by Gasteiger charge is 2.18. The molecule has 1 heterocycles. The van der Waals surface area contributed by atoms with E-state index in [0.717, 1.165) is 5.56 Å². The molecule has 2 amide bonds. The van der Waals surface area contributed by atoms with Crippen molar-refractivity contribution >= 4 is 40.0 Å². The van der Waals surface area contributed by atoms with Crippen LogP contribution in [0.25, 0.3) is 0 Å². The summed E-state index contributed by atoms with van der Waals surface area (Å²) in [5, 5.41) is 13.8. The second-order valence-electron chi connectivity index (χ2n) is 6.29. The lowest BCUT2D eigenvalue weighted by Gasteiger charge is -2.13. The number of thioether (sulfide) groups is 1. The first-order chi connectivity index (χ1) is 15.5. The van der Waals surface area contributed by atoms with E-state index >= 15 is 0 Å². The molecule has 32 heavy (non-hydrogen) atoms. The number of amides is 2. The third-order valence-corrected chi connectivity index (χ3v) is 6.19. The van der Waals surface area contributed by atoms with Crippen LogP contribution in [0.2, 0.25) is 0 Å². The Kier molecular flexibility index (Phi) is 8.28. The molecule has 0 aliphatic rings. The van der Waals surface area contributed by atoms with Crippen molar-refractivity contribution in [3.63, 3.8) is 0 Å². The van der Waals surface area contributed by atoms with Gasteiger partial charge in [-0.2, -0.15) is 0 Å². The molecule has 0 saturated carbocycles. The van der Waals surface area contributed by atoms with Crippen molar-refractivity contribution in [2.24, 2.45) is 0 Å². The van der Waals surface area contributed by atoms with Crippen LogP contribution in [0.3, 0.4) is 0 Å². The van der Waals surface area contributed by atoms with E-state index < -0.39 is 5.91 Å². The molecule has 0 aliphatic heterocycles. The van der Waals surface area contributed by atoms with Crippen molar-refractivity contribution in [1.82, 2.24) is 15.5 Å². The van der Waals surface area contributed by atoms with E-state index in [2.05, 4.69) is 20.8 Å². The third kappa shape index (κ3) is 6.11. The number of carbonyl (C=O) groups is 2. The van der Waals surface area contributed by atoms with Gasteiger partial charge >= 0.3 is 0 Å². The van der Waals surface area contributed by atoms with Crippen LogP contribution in [0, 0.1) is 0 Å². The minimum absolute atomic E-state index is 0.114. The maximum Gasteiger partial charge on any atom is 0.257 e. The molecule has 0 aliphatic carbocycles. The second kappa shape index (κ2) is 11.3. The van der Waals surface area contributed by atoms with Gasteiger partial charge in [0.15, 0.2) is 15.8 Å². The summed E-state index contributed by atoms with van der Waals surface area (Å²) in [4.78, 5) is 24.7. The smallest absolute Gasteiger partial charge is 0.257 e. The fraction of sp³-hybridized carbons (Fsp3) is 0.238. The largest absolute Gasteiger partial charge is 0.493 e. The predicted molar refractivity (Wildman–Crippen MR) is 123 cm³/mol. The van der Waals surface area contributed by atoms with Crippen LogP contribution in [0.15, 0.2) is 46.8 Å². The van der Waals surface area contributed by atoms with E-state index in [0.29, 0.717) is 38.8 Å². The molecule has 2 aromatic carbocycles. The second-order valence-corrected chi connectivity index (χ2v) is 8.49. The molecule has 2 N–H and O–H groups in total. The van der Waals surface area contributed by atoms with Gasteiger partial charge in [0.1, 0.15) is 0 Å². The van der Waals surface area contributed by atoms with E-state index in [-0.39, 0.29) is 11.7 Å². The molecule has 0 bridgehead atoms. The van der Waals surface area contributed by atoms with E-state index in [1.165, 1.54) is 44.4 Å². The Balaban J connectivity index is 1.55. The number of rotatable bonds is 10. The molecule has 0 spiro atoms. The van der Waals surface area contributed by atoms with Gasteiger partial charge in [-0.3, -0.25) is 14.9 Å². The highest BCUT2D eigenvalue weighted by Crippen LogP contribution is 2.38. The summed E-state index contributed by atoms with van der Waals surface area (Å²) >= 11 is 2.43. The monoisotopic (exact) mass is 474 g/mol. The maximum absolute atomic E-state index is 12.7. The van der Waals surface area contributed by atoms with Gasteiger partial charge in [-0.1, -0.05) is 53.4 Å². The van der Waals surface area contributed by atoms with Gasteiger partial charge in [0, 0.05) is 12.1 Å². The van der Waals surface area contributed by atoms with Gasteiger partial charge in [0.2, 0.25) is 16.8 Å². The average molecular weight is 475 g/mol. The summed E-state index contributed by atoms with van der Waals surface area (Å²) in [5.74, 6) is 0.808. The summed E-state index contributed by atoms with van der Waals surface area (Å²) in [7, 11) is 4.44. The first-order valence-electron chi connectivity index (χ1n) is 9.42. The topological polar surface area (TPSA) is 112 Å². The average Bonchev–Trinajstić information content (AvgIpc) is 3.28. The van der Waals surface area contributed by atoms with Crippen LogP contribution in [-0.2, 0) is 11.3 Å². The van der Waals surface area contributed by atoms with Crippen molar-refractivity contribution in [2.75, 3.05) is 32.4 Å². The molecule has 0 fully saturated rings. The molecule has 1 aromatic heterocycles. The third-order valence-electron chi connectivity index (χ3n) is 4.21. The van der Waals surface area contributed by atoms with Gasteiger partial charge < -0.3 is 19.5 Å². The van der Waals surface area contributed by atoms with Gasteiger partial charge in [-0.25, -0.2) is 0 Å². The minimum atomic E-state index is -0.405. The fourth-order valence-corrected chi connectivity index (χ4v) is 4.25. The SMILES string of the molecule is COc1cc(C(=O)Nc2nnc(SCC(=O)NCc3ccccc3)s2)cc(OC)c1OC.